The van der Waals surface area contributed by atoms with Gasteiger partial charge in [0.1, 0.15) is 11.6 Å². The zero-order chi connectivity index (χ0) is 13.8. The minimum Gasteiger partial charge on any atom is -0.485 e. The maximum Gasteiger partial charge on any atom is 0.243 e. The van der Waals surface area contributed by atoms with Crippen LogP contribution < -0.4 is 10.5 Å². The molecule has 1 heterocycles. The van der Waals surface area contributed by atoms with Gasteiger partial charge in [-0.05, 0) is 18.1 Å². The Morgan fingerprint density at radius 2 is 2.21 bits per heavy atom. The fraction of sp³-hybridized carbons (Fsp3) is 0.385. The van der Waals surface area contributed by atoms with E-state index in [2.05, 4.69) is 10.1 Å². The SMILES string of the molecule is CC(C)C(N)c1nc(COc2cccc(F)c2)no1. The Hall–Kier alpha value is -1.95. The van der Waals surface area contributed by atoms with Gasteiger partial charge in [0.2, 0.25) is 11.7 Å². The van der Waals surface area contributed by atoms with Crippen LogP contribution in [0.1, 0.15) is 31.6 Å². The summed E-state index contributed by atoms with van der Waals surface area (Å²) in [6.45, 7) is 4.05. The van der Waals surface area contributed by atoms with E-state index >= 15 is 0 Å². The molecule has 0 saturated carbocycles. The van der Waals surface area contributed by atoms with Crippen molar-refractivity contribution >= 4 is 0 Å². The van der Waals surface area contributed by atoms with Crippen LogP contribution in [0.3, 0.4) is 0 Å². The maximum absolute atomic E-state index is 12.9. The second kappa shape index (κ2) is 5.79. The predicted octanol–water partition coefficient (Wildman–Crippen LogP) is 2.44. The zero-order valence-corrected chi connectivity index (χ0v) is 10.8. The first-order chi connectivity index (χ1) is 9.06. The molecule has 1 unspecified atom stereocenters. The summed E-state index contributed by atoms with van der Waals surface area (Å²) < 4.78 is 23.4. The lowest BCUT2D eigenvalue weighted by atomic mass is 10.1. The molecule has 1 atom stereocenters. The van der Waals surface area contributed by atoms with Crippen molar-refractivity contribution in [3.8, 4) is 5.75 Å². The summed E-state index contributed by atoms with van der Waals surface area (Å²) in [6, 6.07) is 5.57. The molecule has 0 aliphatic rings. The highest BCUT2D eigenvalue weighted by molar-refractivity contribution is 5.22. The third-order valence-corrected chi connectivity index (χ3v) is 2.65. The second-order valence-electron chi connectivity index (χ2n) is 4.56. The van der Waals surface area contributed by atoms with Gasteiger partial charge in [0.25, 0.3) is 0 Å². The van der Waals surface area contributed by atoms with E-state index in [4.69, 9.17) is 15.0 Å². The van der Waals surface area contributed by atoms with Gasteiger partial charge in [0.05, 0.1) is 6.04 Å². The summed E-state index contributed by atoms with van der Waals surface area (Å²) in [7, 11) is 0. The van der Waals surface area contributed by atoms with Crippen LogP contribution >= 0.6 is 0 Å². The zero-order valence-electron chi connectivity index (χ0n) is 10.8. The summed E-state index contributed by atoms with van der Waals surface area (Å²) in [6.07, 6.45) is 0. The highest BCUT2D eigenvalue weighted by Gasteiger charge is 2.18. The summed E-state index contributed by atoms with van der Waals surface area (Å²) in [5, 5.41) is 3.77. The molecular formula is C13H16FN3O2. The minimum absolute atomic E-state index is 0.109. The number of halogens is 1. The maximum atomic E-state index is 12.9. The Balaban J connectivity index is 1.97. The molecule has 0 aliphatic carbocycles. The van der Waals surface area contributed by atoms with Crippen molar-refractivity contribution in [1.82, 2.24) is 10.1 Å². The van der Waals surface area contributed by atoms with Gasteiger partial charge < -0.3 is 15.0 Å². The second-order valence-corrected chi connectivity index (χ2v) is 4.56. The van der Waals surface area contributed by atoms with Gasteiger partial charge in [-0.3, -0.25) is 0 Å². The average molecular weight is 265 g/mol. The predicted molar refractivity (Wildman–Crippen MR) is 66.8 cm³/mol. The van der Waals surface area contributed by atoms with E-state index in [0.29, 0.717) is 17.5 Å². The fourth-order valence-corrected chi connectivity index (χ4v) is 1.45. The average Bonchev–Trinajstić information content (AvgIpc) is 2.84. The smallest absolute Gasteiger partial charge is 0.243 e. The van der Waals surface area contributed by atoms with Crippen LogP contribution in [0.4, 0.5) is 4.39 Å². The molecule has 0 fully saturated rings. The van der Waals surface area contributed by atoms with E-state index in [1.54, 1.807) is 12.1 Å². The van der Waals surface area contributed by atoms with Crippen molar-refractivity contribution in [2.24, 2.45) is 11.7 Å². The number of nitrogens with two attached hydrogens (primary N) is 1. The van der Waals surface area contributed by atoms with Gasteiger partial charge in [-0.15, -0.1) is 0 Å². The van der Waals surface area contributed by atoms with Crippen LogP contribution in [0.25, 0.3) is 0 Å². The Bertz CT molecular complexity index is 542. The number of aromatic nitrogens is 2. The van der Waals surface area contributed by atoms with Gasteiger partial charge in [-0.1, -0.05) is 25.1 Å². The number of hydrogen-bond acceptors (Lipinski definition) is 5. The van der Waals surface area contributed by atoms with E-state index in [1.807, 2.05) is 13.8 Å². The van der Waals surface area contributed by atoms with E-state index in [0.717, 1.165) is 0 Å². The molecule has 1 aromatic carbocycles. The number of nitrogens with zero attached hydrogens (tertiary/aromatic N) is 2. The molecular weight excluding hydrogens is 249 g/mol. The number of ether oxygens (including phenoxy) is 1. The Morgan fingerprint density at radius 1 is 1.42 bits per heavy atom. The van der Waals surface area contributed by atoms with Crippen LogP contribution in [0.2, 0.25) is 0 Å². The normalized spacial score (nSPS) is 12.7. The standard InChI is InChI=1S/C13H16FN3O2/c1-8(2)12(15)13-16-11(17-19-13)7-18-10-5-3-4-9(14)6-10/h3-6,8,12H,7,15H2,1-2H3. The number of rotatable bonds is 5. The summed E-state index contributed by atoms with van der Waals surface area (Å²) >= 11 is 0. The molecule has 0 spiro atoms. The molecule has 0 saturated heterocycles. The molecule has 6 heteroatoms. The largest absolute Gasteiger partial charge is 0.485 e. The molecule has 102 valence electrons. The lowest BCUT2D eigenvalue weighted by Gasteiger charge is -2.09. The third kappa shape index (κ3) is 3.51. The molecule has 0 aliphatic heterocycles. The van der Waals surface area contributed by atoms with Gasteiger partial charge in [-0.25, -0.2) is 4.39 Å². The summed E-state index contributed by atoms with van der Waals surface area (Å²) in [4.78, 5) is 4.15. The molecule has 0 radical (unpaired) electrons. The minimum atomic E-state index is -0.354. The lowest BCUT2D eigenvalue weighted by Crippen LogP contribution is -2.17. The Kier molecular flexibility index (Phi) is 4.11. The Morgan fingerprint density at radius 3 is 2.89 bits per heavy atom. The Labute approximate surface area is 110 Å². The molecule has 19 heavy (non-hydrogen) atoms. The van der Waals surface area contributed by atoms with Crippen LogP contribution in [-0.4, -0.2) is 10.1 Å². The van der Waals surface area contributed by atoms with Crippen LogP contribution in [0, 0.1) is 11.7 Å². The first-order valence-electron chi connectivity index (χ1n) is 6.02. The number of benzene rings is 1. The van der Waals surface area contributed by atoms with Crippen LogP contribution in [-0.2, 0) is 6.61 Å². The number of hydrogen-bond donors (Lipinski definition) is 1. The first kappa shape index (κ1) is 13.5. The van der Waals surface area contributed by atoms with E-state index < -0.39 is 0 Å². The topological polar surface area (TPSA) is 74.2 Å². The van der Waals surface area contributed by atoms with Crippen molar-refractivity contribution in [2.45, 2.75) is 26.5 Å². The fourth-order valence-electron chi connectivity index (χ4n) is 1.45. The van der Waals surface area contributed by atoms with Gasteiger partial charge in [0, 0.05) is 6.07 Å². The molecule has 0 amide bonds. The van der Waals surface area contributed by atoms with Crippen LogP contribution in [0.5, 0.6) is 5.75 Å². The van der Waals surface area contributed by atoms with Crippen molar-refractivity contribution in [3.63, 3.8) is 0 Å². The van der Waals surface area contributed by atoms with E-state index in [9.17, 15) is 4.39 Å². The van der Waals surface area contributed by atoms with Gasteiger partial charge in [-0.2, -0.15) is 4.98 Å². The molecule has 1 aromatic heterocycles. The van der Waals surface area contributed by atoms with Crippen molar-refractivity contribution in [1.29, 1.82) is 0 Å². The highest BCUT2D eigenvalue weighted by Crippen LogP contribution is 2.17. The van der Waals surface area contributed by atoms with Crippen molar-refractivity contribution in [3.05, 3.63) is 41.8 Å². The molecule has 2 rings (SSSR count). The molecule has 5 nitrogen and oxygen atoms in total. The summed E-state index contributed by atoms with van der Waals surface area (Å²) in [5.74, 6) is 1.04. The quantitative estimate of drug-likeness (QED) is 0.898. The van der Waals surface area contributed by atoms with Gasteiger partial charge >= 0.3 is 0 Å². The molecule has 2 N–H and O–H groups in total. The first-order valence-corrected chi connectivity index (χ1v) is 6.02. The van der Waals surface area contributed by atoms with Crippen molar-refractivity contribution < 1.29 is 13.7 Å². The van der Waals surface area contributed by atoms with Gasteiger partial charge in [0.15, 0.2) is 6.61 Å². The highest BCUT2D eigenvalue weighted by atomic mass is 19.1. The monoisotopic (exact) mass is 265 g/mol. The lowest BCUT2D eigenvalue weighted by molar-refractivity contribution is 0.280. The molecule has 2 aromatic rings. The third-order valence-electron chi connectivity index (χ3n) is 2.65. The van der Waals surface area contributed by atoms with E-state index in [1.165, 1.54) is 12.1 Å². The molecule has 0 bridgehead atoms. The van der Waals surface area contributed by atoms with Crippen LogP contribution in [0.15, 0.2) is 28.8 Å². The van der Waals surface area contributed by atoms with Crippen molar-refractivity contribution in [2.75, 3.05) is 0 Å². The van der Waals surface area contributed by atoms with E-state index in [-0.39, 0.29) is 24.4 Å². The summed E-state index contributed by atoms with van der Waals surface area (Å²) in [5.41, 5.74) is 5.89.